The van der Waals surface area contributed by atoms with Crippen LogP contribution in [0.2, 0.25) is 0 Å². The van der Waals surface area contributed by atoms with E-state index in [4.69, 9.17) is 17.0 Å². The van der Waals surface area contributed by atoms with Crippen molar-refractivity contribution >= 4 is 56.8 Å². The zero-order chi connectivity index (χ0) is 19.7. The third kappa shape index (κ3) is 3.56. The van der Waals surface area contributed by atoms with Crippen LogP contribution in [0.3, 0.4) is 0 Å². The van der Waals surface area contributed by atoms with Crippen molar-refractivity contribution in [3.05, 3.63) is 57.8 Å². The largest absolute Gasteiger partial charge is 0.504 e. The maximum Gasteiger partial charge on any atom is 0.270 e. The highest BCUT2D eigenvalue weighted by Gasteiger charge is 2.35. The van der Waals surface area contributed by atoms with Crippen molar-refractivity contribution in [2.45, 2.75) is 0 Å². The van der Waals surface area contributed by atoms with Gasteiger partial charge in [-0.2, -0.15) is 0 Å². The lowest BCUT2D eigenvalue weighted by molar-refractivity contribution is -0.122. The fourth-order valence-electron chi connectivity index (χ4n) is 2.50. The Morgan fingerprint density at radius 1 is 1.30 bits per heavy atom. The van der Waals surface area contributed by atoms with Crippen LogP contribution in [0.25, 0.3) is 6.08 Å². The number of hydrogen-bond acceptors (Lipinski definition) is 5. The number of carbonyl (C=O) groups is 2. The Hall–Kier alpha value is -2.78. The fourth-order valence-corrected chi connectivity index (χ4v) is 3.22. The number of thiocarbonyl (C=S) groups is 1. The van der Waals surface area contributed by atoms with E-state index in [2.05, 4.69) is 21.2 Å². The molecule has 2 aromatic rings. The number of amides is 2. The molecule has 1 fully saturated rings. The Morgan fingerprint density at radius 3 is 2.67 bits per heavy atom. The van der Waals surface area contributed by atoms with Crippen LogP contribution >= 0.6 is 28.1 Å². The molecule has 1 aliphatic heterocycles. The number of para-hydroxylation sites is 1. The minimum absolute atomic E-state index is 0.0687. The van der Waals surface area contributed by atoms with Crippen molar-refractivity contribution in [2.24, 2.45) is 0 Å². The molecule has 1 saturated heterocycles. The highest BCUT2D eigenvalue weighted by Crippen LogP contribution is 2.34. The predicted molar refractivity (Wildman–Crippen MR) is 105 cm³/mol. The molecule has 2 N–H and O–H groups in total. The van der Waals surface area contributed by atoms with Crippen LogP contribution in [-0.4, -0.2) is 29.1 Å². The molecule has 1 aliphatic rings. The number of rotatable bonds is 3. The summed E-state index contributed by atoms with van der Waals surface area (Å²) in [5.74, 6) is -2.09. The van der Waals surface area contributed by atoms with Gasteiger partial charge in [-0.3, -0.25) is 14.9 Å². The monoisotopic (exact) mass is 450 g/mol. The van der Waals surface area contributed by atoms with Gasteiger partial charge >= 0.3 is 0 Å². The first-order chi connectivity index (χ1) is 12.8. The number of nitrogens with zero attached hydrogens (tertiary/aromatic N) is 1. The number of benzene rings is 2. The van der Waals surface area contributed by atoms with Crippen molar-refractivity contribution in [1.29, 1.82) is 0 Å². The first-order valence-electron chi connectivity index (χ1n) is 7.56. The van der Waals surface area contributed by atoms with Gasteiger partial charge in [-0.15, -0.1) is 0 Å². The molecule has 3 rings (SSSR count). The molecule has 1 heterocycles. The van der Waals surface area contributed by atoms with Gasteiger partial charge in [0, 0.05) is 4.47 Å². The maximum atomic E-state index is 14.1. The van der Waals surface area contributed by atoms with Crippen LogP contribution in [0.4, 0.5) is 10.1 Å². The molecule has 138 valence electrons. The molecule has 2 amide bonds. The summed E-state index contributed by atoms with van der Waals surface area (Å²) in [6, 6.07) is 8.42. The van der Waals surface area contributed by atoms with Crippen LogP contribution in [0.1, 0.15) is 5.56 Å². The molecule has 0 saturated carbocycles. The minimum Gasteiger partial charge on any atom is -0.504 e. The number of aromatic hydroxyl groups is 1. The van der Waals surface area contributed by atoms with Crippen LogP contribution in [0.15, 0.2) is 46.4 Å². The molecule has 0 aromatic heterocycles. The predicted octanol–water partition coefficient (Wildman–Crippen LogP) is 3.13. The van der Waals surface area contributed by atoms with Gasteiger partial charge in [0.25, 0.3) is 11.8 Å². The van der Waals surface area contributed by atoms with Gasteiger partial charge in [0.1, 0.15) is 11.4 Å². The minimum atomic E-state index is -0.771. The van der Waals surface area contributed by atoms with E-state index in [0.29, 0.717) is 10.0 Å². The quantitative estimate of drug-likeness (QED) is 0.426. The van der Waals surface area contributed by atoms with E-state index in [1.807, 2.05) is 0 Å². The second-order valence-corrected chi connectivity index (χ2v) is 6.70. The van der Waals surface area contributed by atoms with Gasteiger partial charge in [-0.1, -0.05) is 28.1 Å². The molecule has 9 heteroatoms. The standard InChI is InChI=1S/C18H12BrFN2O4S/c1-26-15-7-9(11(19)8-14(15)23)6-10-16(24)21-18(27)22(17(10)25)13-5-3-2-4-12(13)20/h2-8,23H,1H3,(H,21,24,27). The second kappa shape index (κ2) is 7.45. The highest BCUT2D eigenvalue weighted by molar-refractivity contribution is 9.10. The molecule has 27 heavy (non-hydrogen) atoms. The fraction of sp³-hybridized carbons (Fsp3) is 0.0556. The van der Waals surface area contributed by atoms with Crippen molar-refractivity contribution in [2.75, 3.05) is 12.0 Å². The van der Waals surface area contributed by atoms with E-state index >= 15 is 0 Å². The molecule has 0 unspecified atom stereocenters. The summed E-state index contributed by atoms with van der Waals surface area (Å²) in [5.41, 5.74) is 0.0884. The molecule has 0 spiro atoms. The number of carbonyl (C=O) groups excluding carboxylic acids is 2. The van der Waals surface area contributed by atoms with E-state index in [1.54, 1.807) is 6.07 Å². The Bertz CT molecular complexity index is 1010. The topological polar surface area (TPSA) is 78.9 Å². The van der Waals surface area contributed by atoms with Gasteiger partial charge < -0.3 is 9.84 Å². The first kappa shape index (κ1) is 19.0. The zero-order valence-corrected chi connectivity index (χ0v) is 16.2. The Kier molecular flexibility index (Phi) is 5.24. The molecule has 2 aromatic carbocycles. The number of phenolic OH excluding ortho intramolecular Hbond substituents is 1. The number of nitrogens with one attached hydrogen (secondary N) is 1. The number of ether oxygens (including phenoxy) is 1. The number of phenols is 1. The molecule has 0 bridgehead atoms. The van der Waals surface area contributed by atoms with Gasteiger partial charge in [0.15, 0.2) is 16.6 Å². The van der Waals surface area contributed by atoms with Crippen LogP contribution < -0.4 is 15.0 Å². The first-order valence-corrected chi connectivity index (χ1v) is 8.76. The lowest BCUT2D eigenvalue weighted by Gasteiger charge is -2.29. The summed E-state index contributed by atoms with van der Waals surface area (Å²) in [6.45, 7) is 0. The van der Waals surface area contributed by atoms with Gasteiger partial charge in [-0.25, -0.2) is 9.29 Å². The van der Waals surface area contributed by atoms with Crippen molar-refractivity contribution in [3.63, 3.8) is 0 Å². The van der Waals surface area contributed by atoms with E-state index in [9.17, 15) is 19.1 Å². The highest BCUT2D eigenvalue weighted by atomic mass is 79.9. The molecule has 6 nitrogen and oxygen atoms in total. The Balaban J connectivity index is 2.09. The third-order valence-electron chi connectivity index (χ3n) is 3.79. The summed E-state index contributed by atoms with van der Waals surface area (Å²) in [5, 5.41) is 12.0. The number of halogens is 2. The average molecular weight is 451 g/mol. The summed E-state index contributed by atoms with van der Waals surface area (Å²) in [6.07, 6.45) is 1.30. The average Bonchev–Trinajstić information content (AvgIpc) is 2.61. The van der Waals surface area contributed by atoms with E-state index in [1.165, 1.54) is 43.5 Å². The summed E-state index contributed by atoms with van der Waals surface area (Å²) in [7, 11) is 1.37. The van der Waals surface area contributed by atoms with Crippen molar-refractivity contribution in [3.8, 4) is 11.5 Å². The van der Waals surface area contributed by atoms with Crippen LogP contribution in [0.5, 0.6) is 11.5 Å². The number of anilines is 1. The van der Waals surface area contributed by atoms with Gasteiger partial charge in [0.2, 0.25) is 0 Å². The number of hydrogen-bond donors (Lipinski definition) is 2. The van der Waals surface area contributed by atoms with Crippen LogP contribution in [0, 0.1) is 5.82 Å². The molecular formula is C18H12BrFN2O4S. The van der Waals surface area contributed by atoms with Crippen molar-refractivity contribution < 1.29 is 23.8 Å². The number of methoxy groups -OCH3 is 1. The third-order valence-corrected chi connectivity index (χ3v) is 4.76. The summed E-state index contributed by atoms with van der Waals surface area (Å²) >= 11 is 8.30. The second-order valence-electron chi connectivity index (χ2n) is 5.45. The normalized spacial score (nSPS) is 15.9. The van der Waals surface area contributed by atoms with E-state index in [-0.39, 0.29) is 27.9 Å². The Labute approximate surface area is 167 Å². The van der Waals surface area contributed by atoms with Gasteiger partial charge in [-0.05, 0) is 48.1 Å². The van der Waals surface area contributed by atoms with Crippen molar-refractivity contribution in [1.82, 2.24) is 5.32 Å². The van der Waals surface area contributed by atoms with Crippen LogP contribution in [-0.2, 0) is 9.59 Å². The Morgan fingerprint density at radius 2 is 2.00 bits per heavy atom. The van der Waals surface area contributed by atoms with E-state index in [0.717, 1.165) is 4.90 Å². The summed E-state index contributed by atoms with van der Waals surface area (Å²) in [4.78, 5) is 26.1. The SMILES string of the molecule is COc1cc(C=C2C(=O)NC(=S)N(c3ccccc3F)C2=O)c(Br)cc1O. The molecular weight excluding hydrogens is 439 g/mol. The summed E-state index contributed by atoms with van der Waals surface area (Å²) < 4.78 is 19.6. The zero-order valence-electron chi connectivity index (χ0n) is 13.8. The lowest BCUT2D eigenvalue weighted by Crippen LogP contribution is -2.54. The molecule has 0 radical (unpaired) electrons. The molecule has 0 atom stereocenters. The molecule has 0 aliphatic carbocycles. The lowest BCUT2D eigenvalue weighted by atomic mass is 10.1. The maximum absolute atomic E-state index is 14.1. The van der Waals surface area contributed by atoms with Gasteiger partial charge in [0.05, 0.1) is 12.8 Å². The smallest absolute Gasteiger partial charge is 0.270 e. The van der Waals surface area contributed by atoms with E-state index < -0.39 is 17.6 Å².